The van der Waals surface area contributed by atoms with Crippen molar-refractivity contribution >= 4 is 33.4 Å². The Balaban J connectivity index is 1.68. The maximum atomic E-state index is 13.2. The number of benzene rings is 2. The van der Waals surface area contributed by atoms with Crippen LogP contribution in [0.3, 0.4) is 0 Å². The molecule has 1 saturated heterocycles. The van der Waals surface area contributed by atoms with E-state index in [1.54, 1.807) is 48.2 Å². The van der Waals surface area contributed by atoms with Crippen molar-refractivity contribution < 1.29 is 18.0 Å². The molecule has 3 rings (SSSR count). The van der Waals surface area contributed by atoms with Gasteiger partial charge in [0.05, 0.1) is 4.90 Å². The van der Waals surface area contributed by atoms with Gasteiger partial charge in [0.15, 0.2) is 0 Å². The minimum atomic E-state index is -3.46. The number of nitrogens with one attached hydrogen (secondary N) is 1. The van der Waals surface area contributed by atoms with Gasteiger partial charge in [-0.25, -0.2) is 8.42 Å². The molecule has 0 saturated carbocycles. The molecule has 1 aliphatic rings. The Labute approximate surface area is 213 Å². The number of sulfonamides is 1. The van der Waals surface area contributed by atoms with Crippen LogP contribution >= 0.6 is 11.6 Å². The van der Waals surface area contributed by atoms with Gasteiger partial charge in [-0.1, -0.05) is 42.8 Å². The number of carbonyl (C=O) groups is 2. The van der Waals surface area contributed by atoms with Gasteiger partial charge in [0.2, 0.25) is 21.8 Å². The maximum Gasteiger partial charge on any atom is 0.243 e. The van der Waals surface area contributed by atoms with Gasteiger partial charge >= 0.3 is 0 Å². The molecule has 0 aromatic heterocycles. The number of halogens is 1. The van der Waals surface area contributed by atoms with Gasteiger partial charge in [0, 0.05) is 37.6 Å². The zero-order chi connectivity index (χ0) is 25.4. The van der Waals surface area contributed by atoms with E-state index in [-0.39, 0.29) is 23.1 Å². The summed E-state index contributed by atoms with van der Waals surface area (Å²) in [6.45, 7) is 5.68. The molecule has 1 atom stereocenters. The molecule has 0 bridgehead atoms. The summed E-state index contributed by atoms with van der Waals surface area (Å²) < 4.78 is 27.0. The second-order valence-corrected chi connectivity index (χ2v) is 11.2. The van der Waals surface area contributed by atoms with Gasteiger partial charge in [-0.05, 0) is 68.0 Å². The Morgan fingerprint density at radius 2 is 1.63 bits per heavy atom. The van der Waals surface area contributed by atoms with Gasteiger partial charge in [-0.3, -0.25) is 9.59 Å². The standard InChI is InChI=1S/C26H34ClN3O4S/c1-3-16-28-26(32)20(2)30(19-22-6-11-23(27)12-7-22)25(31)15-10-21-8-13-24(14-9-21)35(33,34)29-17-4-5-18-29/h6-9,11-14,20H,3-5,10,15-19H2,1-2H3,(H,28,32)/t20-/m1/s1. The Hall–Kier alpha value is -2.42. The van der Waals surface area contributed by atoms with Crippen LogP contribution in [0.2, 0.25) is 5.02 Å². The summed E-state index contributed by atoms with van der Waals surface area (Å²) in [5.41, 5.74) is 1.75. The number of nitrogens with zero attached hydrogens (tertiary/aromatic N) is 2. The maximum absolute atomic E-state index is 13.2. The van der Waals surface area contributed by atoms with Crippen molar-refractivity contribution in [2.75, 3.05) is 19.6 Å². The first-order valence-electron chi connectivity index (χ1n) is 12.1. The summed E-state index contributed by atoms with van der Waals surface area (Å²) in [7, 11) is -3.46. The summed E-state index contributed by atoms with van der Waals surface area (Å²) in [5, 5.41) is 3.47. The number of amides is 2. The van der Waals surface area contributed by atoms with Crippen LogP contribution in [0.4, 0.5) is 0 Å². The minimum absolute atomic E-state index is 0.145. The Bertz CT molecular complexity index is 1100. The van der Waals surface area contributed by atoms with E-state index in [0.717, 1.165) is 30.4 Å². The highest BCUT2D eigenvalue weighted by atomic mass is 35.5. The number of carbonyl (C=O) groups excluding carboxylic acids is 2. The van der Waals surface area contributed by atoms with E-state index < -0.39 is 16.1 Å². The average molecular weight is 520 g/mol. The molecule has 0 radical (unpaired) electrons. The Kier molecular flexibility index (Phi) is 9.71. The summed E-state index contributed by atoms with van der Waals surface area (Å²) in [5.74, 6) is -0.335. The van der Waals surface area contributed by atoms with Crippen molar-refractivity contribution in [1.82, 2.24) is 14.5 Å². The first-order valence-corrected chi connectivity index (χ1v) is 13.9. The van der Waals surface area contributed by atoms with Crippen molar-refractivity contribution in [3.63, 3.8) is 0 Å². The molecular weight excluding hydrogens is 486 g/mol. The Morgan fingerprint density at radius 3 is 2.23 bits per heavy atom. The molecule has 2 amide bonds. The lowest BCUT2D eigenvalue weighted by Gasteiger charge is -2.29. The molecule has 1 aliphatic heterocycles. The molecule has 0 spiro atoms. The Morgan fingerprint density at radius 1 is 1.03 bits per heavy atom. The third-order valence-electron chi connectivity index (χ3n) is 6.24. The molecule has 35 heavy (non-hydrogen) atoms. The molecule has 2 aromatic rings. The molecule has 1 N–H and O–H groups in total. The average Bonchev–Trinajstić information content (AvgIpc) is 3.41. The van der Waals surface area contributed by atoms with Crippen LogP contribution in [-0.4, -0.2) is 55.1 Å². The lowest BCUT2D eigenvalue weighted by molar-refractivity contribution is -0.140. The number of hydrogen-bond donors (Lipinski definition) is 1. The first kappa shape index (κ1) is 27.2. The second-order valence-electron chi connectivity index (χ2n) is 8.87. The number of hydrogen-bond acceptors (Lipinski definition) is 4. The van der Waals surface area contributed by atoms with Crippen LogP contribution in [0.1, 0.15) is 50.7 Å². The van der Waals surface area contributed by atoms with E-state index in [4.69, 9.17) is 11.6 Å². The molecule has 0 aliphatic carbocycles. The molecule has 9 heteroatoms. The first-order chi connectivity index (χ1) is 16.7. The topological polar surface area (TPSA) is 86.8 Å². The predicted molar refractivity (Wildman–Crippen MR) is 138 cm³/mol. The summed E-state index contributed by atoms with van der Waals surface area (Å²) in [6.07, 6.45) is 3.25. The van der Waals surface area contributed by atoms with Gasteiger partial charge < -0.3 is 10.2 Å². The SMILES string of the molecule is CCCNC(=O)[C@@H](C)N(Cc1ccc(Cl)cc1)C(=O)CCc1ccc(S(=O)(=O)N2CCCC2)cc1. The summed E-state index contributed by atoms with van der Waals surface area (Å²) in [4.78, 5) is 27.7. The van der Waals surface area contributed by atoms with Gasteiger partial charge in [-0.2, -0.15) is 4.31 Å². The fourth-order valence-corrected chi connectivity index (χ4v) is 5.71. The van der Waals surface area contributed by atoms with E-state index in [2.05, 4.69) is 5.32 Å². The lowest BCUT2D eigenvalue weighted by Crippen LogP contribution is -2.47. The van der Waals surface area contributed by atoms with E-state index in [1.807, 2.05) is 19.1 Å². The summed E-state index contributed by atoms with van der Waals surface area (Å²) >= 11 is 5.99. The number of aryl methyl sites for hydroxylation is 1. The summed E-state index contributed by atoms with van der Waals surface area (Å²) in [6, 6.07) is 13.3. The van der Waals surface area contributed by atoms with Crippen LogP contribution in [0, 0.1) is 0 Å². The quantitative estimate of drug-likeness (QED) is 0.486. The van der Waals surface area contributed by atoms with Crippen LogP contribution in [0.25, 0.3) is 0 Å². The van der Waals surface area contributed by atoms with Crippen LogP contribution < -0.4 is 5.32 Å². The zero-order valence-electron chi connectivity index (χ0n) is 20.4. The lowest BCUT2D eigenvalue weighted by atomic mass is 10.1. The normalized spacial score (nSPS) is 15.1. The van der Waals surface area contributed by atoms with Crippen LogP contribution in [0.5, 0.6) is 0 Å². The molecule has 1 fully saturated rings. The smallest absolute Gasteiger partial charge is 0.243 e. The molecule has 190 valence electrons. The van der Waals surface area contributed by atoms with E-state index in [0.29, 0.717) is 37.6 Å². The van der Waals surface area contributed by atoms with Crippen molar-refractivity contribution in [3.05, 3.63) is 64.7 Å². The molecule has 1 heterocycles. The van der Waals surface area contributed by atoms with Gasteiger partial charge in [0.1, 0.15) is 6.04 Å². The van der Waals surface area contributed by atoms with E-state index >= 15 is 0 Å². The van der Waals surface area contributed by atoms with Crippen molar-refractivity contribution in [2.45, 2.75) is 63.4 Å². The monoisotopic (exact) mass is 519 g/mol. The highest BCUT2D eigenvalue weighted by Gasteiger charge is 2.28. The largest absolute Gasteiger partial charge is 0.354 e. The molecule has 0 unspecified atom stereocenters. The van der Waals surface area contributed by atoms with Crippen molar-refractivity contribution in [1.29, 1.82) is 0 Å². The molecule has 2 aromatic carbocycles. The van der Waals surface area contributed by atoms with Crippen molar-refractivity contribution in [2.24, 2.45) is 0 Å². The zero-order valence-corrected chi connectivity index (χ0v) is 21.9. The highest BCUT2D eigenvalue weighted by molar-refractivity contribution is 7.89. The van der Waals surface area contributed by atoms with Gasteiger partial charge in [-0.15, -0.1) is 0 Å². The fraction of sp³-hybridized carbons (Fsp3) is 0.462. The van der Waals surface area contributed by atoms with Crippen LogP contribution in [-0.2, 0) is 32.6 Å². The number of rotatable bonds is 11. The molecule has 7 nitrogen and oxygen atoms in total. The second kappa shape index (κ2) is 12.5. The third-order valence-corrected chi connectivity index (χ3v) is 8.40. The van der Waals surface area contributed by atoms with Gasteiger partial charge in [0.25, 0.3) is 0 Å². The minimum Gasteiger partial charge on any atom is -0.354 e. The van der Waals surface area contributed by atoms with Crippen LogP contribution in [0.15, 0.2) is 53.4 Å². The predicted octanol–water partition coefficient (Wildman–Crippen LogP) is 4.00. The van der Waals surface area contributed by atoms with Crippen molar-refractivity contribution in [3.8, 4) is 0 Å². The fourth-order valence-electron chi connectivity index (χ4n) is 4.07. The van der Waals surface area contributed by atoms with E-state index in [9.17, 15) is 18.0 Å². The van der Waals surface area contributed by atoms with E-state index in [1.165, 1.54) is 4.31 Å². The third kappa shape index (κ3) is 7.29. The highest BCUT2D eigenvalue weighted by Crippen LogP contribution is 2.22. The molecular formula is C26H34ClN3O4S.